The van der Waals surface area contributed by atoms with E-state index in [0.29, 0.717) is 11.5 Å². The van der Waals surface area contributed by atoms with Gasteiger partial charge in [-0.25, -0.2) is 0 Å². The van der Waals surface area contributed by atoms with Crippen LogP contribution in [0.3, 0.4) is 0 Å². The van der Waals surface area contributed by atoms with Gasteiger partial charge in [0.25, 0.3) is 10.1 Å². The van der Waals surface area contributed by atoms with Crippen LogP contribution < -0.4 is 0 Å². The molecule has 6 nitrogen and oxygen atoms in total. The second-order valence-corrected chi connectivity index (χ2v) is 9.39. The van der Waals surface area contributed by atoms with Gasteiger partial charge >= 0.3 is 0 Å². The van der Waals surface area contributed by atoms with Gasteiger partial charge in [0, 0.05) is 17.1 Å². The van der Waals surface area contributed by atoms with Gasteiger partial charge in [0.1, 0.15) is 0 Å². The van der Waals surface area contributed by atoms with Crippen LogP contribution in [-0.2, 0) is 10.1 Å². The maximum atomic E-state index is 10.8. The average Bonchev–Trinajstić information content (AvgIpc) is 3.18. The van der Waals surface area contributed by atoms with E-state index in [0.717, 1.165) is 23.2 Å². The number of hydrogen-bond donors (Lipinski definition) is 2. The van der Waals surface area contributed by atoms with E-state index < -0.39 is 10.1 Å². The third kappa shape index (κ3) is 5.34. The van der Waals surface area contributed by atoms with Crippen LogP contribution in [0.25, 0.3) is 10.9 Å². The highest BCUT2D eigenvalue weighted by Gasteiger charge is 2.22. The van der Waals surface area contributed by atoms with Crippen molar-refractivity contribution < 1.29 is 13.0 Å². The normalized spacial score (nSPS) is 15.3. The summed E-state index contributed by atoms with van der Waals surface area (Å²) in [4.78, 5) is 5.83. The molecule has 164 valence electrons. The summed E-state index contributed by atoms with van der Waals surface area (Å²) in [6.45, 7) is 9.21. The molecule has 1 saturated heterocycles. The molecule has 1 aromatic heterocycles. The first-order chi connectivity index (χ1) is 14.7. The number of nitrogens with one attached hydrogen (secondary N) is 1. The lowest BCUT2D eigenvalue weighted by molar-refractivity contribution is 0.223. The second kappa shape index (κ2) is 9.65. The maximum Gasteiger partial charge on any atom is 0.294 e. The molecule has 0 bridgehead atoms. The largest absolute Gasteiger partial charge is 0.361 e. The molecule has 0 radical (unpaired) electrons. The van der Waals surface area contributed by atoms with Crippen LogP contribution in [0.4, 0.5) is 0 Å². The minimum absolute atomic E-state index is 0.0116. The van der Waals surface area contributed by atoms with Gasteiger partial charge in [-0.1, -0.05) is 19.1 Å². The predicted octanol–water partition coefficient (Wildman–Crippen LogP) is 4.79. The van der Waals surface area contributed by atoms with Gasteiger partial charge in [-0.2, -0.15) is 13.7 Å². The molecule has 7 heteroatoms. The summed E-state index contributed by atoms with van der Waals surface area (Å²) >= 11 is 0. The van der Waals surface area contributed by atoms with Crippen LogP contribution in [0, 0.1) is 25.2 Å². The van der Waals surface area contributed by atoms with Crippen LogP contribution in [0.1, 0.15) is 47.9 Å². The Labute approximate surface area is 184 Å². The van der Waals surface area contributed by atoms with E-state index in [4.69, 9.17) is 9.81 Å². The van der Waals surface area contributed by atoms with E-state index in [-0.39, 0.29) is 4.90 Å². The van der Waals surface area contributed by atoms with Crippen LogP contribution in [0.2, 0.25) is 0 Å². The van der Waals surface area contributed by atoms with E-state index in [9.17, 15) is 8.42 Å². The zero-order valence-electron chi connectivity index (χ0n) is 18.2. The average molecular weight is 440 g/mol. The number of nitriles is 1. The molecule has 1 aliphatic rings. The molecule has 0 unspecified atom stereocenters. The molecule has 31 heavy (non-hydrogen) atoms. The lowest BCUT2D eigenvalue weighted by Gasteiger charge is -2.30. The smallest absolute Gasteiger partial charge is 0.294 e. The van der Waals surface area contributed by atoms with Crippen LogP contribution in [0.5, 0.6) is 0 Å². The molecule has 4 rings (SSSR count). The van der Waals surface area contributed by atoms with Crippen molar-refractivity contribution in [3.05, 3.63) is 64.8 Å². The fourth-order valence-electron chi connectivity index (χ4n) is 4.11. The number of benzene rings is 2. The lowest BCUT2D eigenvalue weighted by Crippen LogP contribution is -2.32. The number of hydrogen-bond acceptors (Lipinski definition) is 4. The molecule has 0 spiro atoms. The minimum atomic E-state index is -4.06. The number of nitrogens with zero attached hydrogens (tertiary/aromatic N) is 2. The molecule has 2 N–H and O–H groups in total. The Hall–Kier alpha value is -2.66. The van der Waals surface area contributed by atoms with Crippen molar-refractivity contribution in [1.29, 1.82) is 5.26 Å². The quantitative estimate of drug-likeness (QED) is 0.572. The highest BCUT2D eigenvalue weighted by molar-refractivity contribution is 7.85. The number of fused-ring (bicyclic) bond motifs is 1. The number of H-pyrrole nitrogens is 1. The molecule has 3 aromatic rings. The maximum absolute atomic E-state index is 10.8. The van der Waals surface area contributed by atoms with E-state index in [1.54, 1.807) is 26.0 Å². The summed E-state index contributed by atoms with van der Waals surface area (Å²) in [5, 5.41) is 10.3. The predicted molar refractivity (Wildman–Crippen MR) is 123 cm³/mol. The van der Waals surface area contributed by atoms with Gasteiger partial charge in [0.15, 0.2) is 0 Å². The molecule has 2 aromatic carbocycles. The van der Waals surface area contributed by atoms with E-state index in [2.05, 4.69) is 29.1 Å². The van der Waals surface area contributed by atoms with E-state index in [1.807, 2.05) is 18.2 Å². The topological polar surface area (TPSA) is 97.2 Å². The molecule has 0 atom stereocenters. The van der Waals surface area contributed by atoms with Crippen LogP contribution in [0.15, 0.2) is 47.5 Å². The highest BCUT2D eigenvalue weighted by Crippen LogP contribution is 2.33. The number of piperidine rings is 1. The summed E-state index contributed by atoms with van der Waals surface area (Å²) in [5.74, 6) is 0.630. The standard InChI is InChI=1S/C16H19N3.C8H10O3S/c1-2-19-7-5-13(6-8-19)15-11-18-16-4-3-12(10-17)9-14(15)16;1-6-4-3-5-8(7(6)2)12(9,10)11/h3-4,9,11,13,18H,2,5-8H2,1H3;3-5H,1-2H3,(H,9,10,11). The van der Waals surface area contributed by atoms with Crippen molar-refractivity contribution in [3.8, 4) is 6.07 Å². The van der Waals surface area contributed by atoms with Crippen LogP contribution >= 0.6 is 0 Å². The van der Waals surface area contributed by atoms with Crippen molar-refractivity contribution in [1.82, 2.24) is 9.88 Å². The van der Waals surface area contributed by atoms with Gasteiger partial charge in [0.05, 0.1) is 16.5 Å². The Morgan fingerprint density at radius 3 is 2.48 bits per heavy atom. The summed E-state index contributed by atoms with van der Waals surface area (Å²) in [7, 11) is -4.06. The molecular formula is C24H29N3O3S. The lowest BCUT2D eigenvalue weighted by atomic mass is 9.89. The van der Waals surface area contributed by atoms with Crippen molar-refractivity contribution in [2.75, 3.05) is 19.6 Å². The van der Waals surface area contributed by atoms with E-state index >= 15 is 0 Å². The number of aromatic nitrogens is 1. The molecule has 1 fully saturated rings. The highest BCUT2D eigenvalue weighted by atomic mass is 32.2. The Kier molecular flexibility index (Phi) is 7.16. The third-order valence-corrected chi connectivity index (χ3v) is 7.15. The molecule has 0 amide bonds. The Bertz CT molecular complexity index is 1200. The van der Waals surface area contributed by atoms with Crippen molar-refractivity contribution >= 4 is 21.0 Å². The molecule has 1 aliphatic heterocycles. The molecule has 0 saturated carbocycles. The SMILES string of the molecule is CCN1CCC(c2c[nH]c3ccc(C#N)cc23)CC1.Cc1cccc(S(=O)(=O)O)c1C. The zero-order valence-corrected chi connectivity index (χ0v) is 19.0. The van der Waals surface area contributed by atoms with Gasteiger partial charge in [-0.15, -0.1) is 0 Å². The fraction of sp³-hybridized carbons (Fsp3) is 0.375. The Morgan fingerprint density at radius 1 is 1.19 bits per heavy atom. The number of likely N-dealkylation sites (tertiary alicyclic amines) is 1. The summed E-state index contributed by atoms with van der Waals surface area (Å²) in [5.41, 5.74) is 4.74. The van der Waals surface area contributed by atoms with Crippen molar-refractivity contribution in [3.63, 3.8) is 0 Å². The number of aryl methyl sites for hydroxylation is 1. The summed E-state index contributed by atoms with van der Waals surface area (Å²) in [6, 6.07) is 12.9. The monoisotopic (exact) mass is 439 g/mol. The Morgan fingerprint density at radius 2 is 1.90 bits per heavy atom. The first-order valence-electron chi connectivity index (χ1n) is 10.5. The Balaban J connectivity index is 0.000000196. The van der Waals surface area contributed by atoms with Crippen molar-refractivity contribution in [2.24, 2.45) is 0 Å². The van der Waals surface area contributed by atoms with E-state index in [1.165, 1.54) is 42.9 Å². The third-order valence-electron chi connectivity index (χ3n) is 6.15. The van der Waals surface area contributed by atoms with Crippen LogP contribution in [-0.4, -0.2) is 42.5 Å². The second-order valence-electron chi connectivity index (χ2n) is 8.00. The van der Waals surface area contributed by atoms with Crippen molar-refractivity contribution in [2.45, 2.75) is 44.4 Å². The van der Waals surface area contributed by atoms with Gasteiger partial charge < -0.3 is 9.88 Å². The first kappa shape index (κ1) is 23.0. The summed E-state index contributed by atoms with van der Waals surface area (Å²) in [6.07, 6.45) is 4.58. The fourth-order valence-corrected chi connectivity index (χ4v) is 4.91. The zero-order chi connectivity index (χ0) is 22.6. The number of rotatable bonds is 3. The first-order valence-corrected chi connectivity index (χ1v) is 12.0. The van der Waals surface area contributed by atoms with Gasteiger partial charge in [-0.05, 0) is 93.2 Å². The molecule has 2 heterocycles. The van der Waals surface area contributed by atoms with Gasteiger partial charge in [0.2, 0.25) is 0 Å². The summed E-state index contributed by atoms with van der Waals surface area (Å²) < 4.78 is 30.3. The van der Waals surface area contributed by atoms with Gasteiger partial charge in [-0.3, -0.25) is 4.55 Å². The molecule has 0 aliphatic carbocycles. The number of aromatic amines is 1. The molecular weight excluding hydrogens is 410 g/mol. The minimum Gasteiger partial charge on any atom is -0.361 e.